The molecule has 3 rings (SSSR count). The van der Waals surface area contributed by atoms with E-state index < -0.39 is 70.4 Å². The van der Waals surface area contributed by atoms with Crippen molar-refractivity contribution >= 4 is 23.2 Å². The molecule has 1 aromatic carbocycles. The molecule has 0 aliphatic heterocycles. The van der Waals surface area contributed by atoms with Crippen LogP contribution in [0.3, 0.4) is 0 Å². The second-order valence-electron chi connectivity index (χ2n) is 7.61. The molecular formula is C21H15ClF8N4O3. The minimum Gasteiger partial charge on any atom is -0.480 e. The molecule has 0 bridgehead atoms. The number of benzene rings is 1. The lowest BCUT2D eigenvalue weighted by Crippen LogP contribution is -2.32. The van der Waals surface area contributed by atoms with Crippen molar-refractivity contribution < 1.29 is 49.8 Å². The van der Waals surface area contributed by atoms with Gasteiger partial charge in [0.05, 0.1) is 17.0 Å². The summed E-state index contributed by atoms with van der Waals surface area (Å²) in [5, 5.41) is 17.5. The van der Waals surface area contributed by atoms with Crippen molar-refractivity contribution in [2.45, 2.75) is 38.4 Å². The summed E-state index contributed by atoms with van der Waals surface area (Å²) in [6.07, 6.45) is -16.1. The van der Waals surface area contributed by atoms with Gasteiger partial charge in [0, 0.05) is 5.56 Å². The summed E-state index contributed by atoms with van der Waals surface area (Å²) < 4.78 is 112. The number of aromatic amines is 1. The molecule has 0 aliphatic rings. The second kappa shape index (κ2) is 10.1. The standard InChI is InChI=1S/C21H15ClF8N4O3/c1-7-15(18(22)34-33-7)32-19(36)10-5-12(24)9(6-14(10)37-8(2)20(25,26)27)13-4-3-11(23)16(31-13)17(35)21(28,29)30/h3-6,8,17,35H,1-2H3,(H,32,36)(H,33,34). The zero-order chi connectivity index (χ0) is 27.9. The van der Waals surface area contributed by atoms with E-state index in [1.165, 1.54) is 6.92 Å². The number of aliphatic hydroxyl groups is 1. The minimum atomic E-state index is -5.32. The average Bonchev–Trinajstić information content (AvgIpc) is 3.10. The molecule has 37 heavy (non-hydrogen) atoms. The second-order valence-corrected chi connectivity index (χ2v) is 7.96. The predicted molar refractivity (Wildman–Crippen MR) is 113 cm³/mol. The first-order chi connectivity index (χ1) is 17.0. The third kappa shape index (κ3) is 6.10. The van der Waals surface area contributed by atoms with Crippen molar-refractivity contribution in [3.63, 3.8) is 0 Å². The van der Waals surface area contributed by atoms with Gasteiger partial charge in [0.1, 0.15) is 28.8 Å². The van der Waals surface area contributed by atoms with Gasteiger partial charge in [0.25, 0.3) is 5.91 Å². The summed E-state index contributed by atoms with van der Waals surface area (Å²) in [6, 6.07) is 2.22. The molecule has 2 unspecified atom stereocenters. The van der Waals surface area contributed by atoms with Crippen LogP contribution < -0.4 is 10.1 Å². The molecule has 0 aliphatic carbocycles. The van der Waals surface area contributed by atoms with Crippen LogP contribution in [0, 0.1) is 18.6 Å². The number of carbonyl (C=O) groups excluding carboxylic acids is 1. The summed E-state index contributed by atoms with van der Waals surface area (Å²) in [7, 11) is 0. The number of ether oxygens (including phenoxy) is 1. The Morgan fingerprint density at radius 1 is 1.11 bits per heavy atom. The van der Waals surface area contributed by atoms with Gasteiger partial charge < -0.3 is 15.2 Å². The van der Waals surface area contributed by atoms with E-state index in [4.69, 9.17) is 16.3 Å². The number of anilines is 1. The van der Waals surface area contributed by atoms with E-state index >= 15 is 4.39 Å². The maximum Gasteiger partial charge on any atom is 0.425 e. The number of rotatable bonds is 6. The zero-order valence-corrected chi connectivity index (χ0v) is 19.3. The third-order valence-electron chi connectivity index (χ3n) is 4.94. The highest BCUT2D eigenvalue weighted by Crippen LogP contribution is 2.37. The lowest BCUT2D eigenvalue weighted by molar-refractivity contribution is -0.208. The van der Waals surface area contributed by atoms with Crippen molar-refractivity contribution in [3.05, 3.63) is 58.0 Å². The molecule has 7 nitrogen and oxygen atoms in total. The largest absolute Gasteiger partial charge is 0.480 e. The average molecular weight is 559 g/mol. The van der Waals surface area contributed by atoms with Crippen LogP contribution in [-0.4, -0.2) is 44.7 Å². The molecule has 0 spiro atoms. The Morgan fingerprint density at radius 2 is 1.76 bits per heavy atom. The molecule has 1 amide bonds. The molecule has 0 saturated carbocycles. The lowest BCUT2D eigenvalue weighted by Gasteiger charge is -2.21. The molecule has 3 N–H and O–H groups in total. The van der Waals surface area contributed by atoms with Gasteiger partial charge in [-0.3, -0.25) is 9.89 Å². The molecule has 3 aromatic rings. The van der Waals surface area contributed by atoms with Crippen LogP contribution in [0.15, 0.2) is 24.3 Å². The summed E-state index contributed by atoms with van der Waals surface area (Å²) >= 11 is 5.83. The molecular weight excluding hydrogens is 544 g/mol. The topological polar surface area (TPSA) is 100 Å². The fraction of sp³-hybridized carbons (Fsp3) is 0.286. The van der Waals surface area contributed by atoms with Gasteiger partial charge in [-0.2, -0.15) is 31.4 Å². The maximum absolute atomic E-state index is 15.0. The van der Waals surface area contributed by atoms with Crippen molar-refractivity contribution in [1.82, 2.24) is 15.2 Å². The molecule has 0 radical (unpaired) electrons. The van der Waals surface area contributed by atoms with Crippen LogP contribution in [0.5, 0.6) is 5.75 Å². The van der Waals surface area contributed by atoms with Gasteiger partial charge in [0.2, 0.25) is 0 Å². The quantitative estimate of drug-likeness (QED) is 0.328. The number of carbonyl (C=O) groups is 1. The van der Waals surface area contributed by atoms with Gasteiger partial charge in [-0.05, 0) is 38.1 Å². The van der Waals surface area contributed by atoms with E-state index in [1.54, 1.807) is 0 Å². The number of amides is 1. The third-order valence-corrected chi connectivity index (χ3v) is 5.21. The molecule has 200 valence electrons. The van der Waals surface area contributed by atoms with Gasteiger partial charge in [-0.1, -0.05) is 11.6 Å². The van der Waals surface area contributed by atoms with Crippen molar-refractivity contribution in [2.75, 3.05) is 5.32 Å². The number of alkyl halides is 6. The number of aromatic nitrogens is 3. The Balaban J connectivity index is 2.13. The van der Waals surface area contributed by atoms with Gasteiger partial charge in [0.15, 0.2) is 17.4 Å². The molecule has 2 aromatic heterocycles. The van der Waals surface area contributed by atoms with Crippen LogP contribution >= 0.6 is 11.6 Å². The first kappa shape index (κ1) is 28.1. The summed E-state index contributed by atoms with van der Waals surface area (Å²) in [4.78, 5) is 16.1. The minimum absolute atomic E-state index is 0.0584. The van der Waals surface area contributed by atoms with Crippen LogP contribution in [-0.2, 0) is 0 Å². The van der Waals surface area contributed by atoms with Crippen LogP contribution in [0.1, 0.15) is 34.8 Å². The monoisotopic (exact) mass is 558 g/mol. The fourth-order valence-corrected chi connectivity index (χ4v) is 3.19. The highest BCUT2D eigenvalue weighted by atomic mass is 35.5. The number of H-pyrrole nitrogens is 1. The highest BCUT2D eigenvalue weighted by Gasteiger charge is 2.42. The number of hydrogen-bond donors (Lipinski definition) is 3. The zero-order valence-electron chi connectivity index (χ0n) is 18.5. The van der Waals surface area contributed by atoms with Crippen molar-refractivity contribution in [2.24, 2.45) is 0 Å². The SMILES string of the molecule is Cc1[nH]nc(Cl)c1NC(=O)c1cc(F)c(-c2ccc(F)c(C(O)C(F)(F)F)n2)cc1OC(C)C(F)(F)F. The van der Waals surface area contributed by atoms with Gasteiger partial charge >= 0.3 is 12.4 Å². The molecule has 2 atom stereocenters. The smallest absolute Gasteiger partial charge is 0.425 e. The lowest BCUT2D eigenvalue weighted by atomic mass is 10.0. The summed E-state index contributed by atoms with van der Waals surface area (Å²) in [6.45, 7) is 2.05. The van der Waals surface area contributed by atoms with Crippen molar-refractivity contribution in [3.8, 4) is 17.0 Å². The van der Waals surface area contributed by atoms with E-state index in [1.807, 2.05) is 0 Å². The summed E-state index contributed by atoms with van der Waals surface area (Å²) in [5.41, 5.74) is -3.48. The van der Waals surface area contributed by atoms with Crippen LogP contribution in [0.4, 0.5) is 40.8 Å². The number of aliphatic hydroxyl groups excluding tert-OH is 1. The Kier molecular flexibility index (Phi) is 7.69. The van der Waals surface area contributed by atoms with Crippen LogP contribution in [0.2, 0.25) is 5.15 Å². The summed E-state index contributed by atoms with van der Waals surface area (Å²) in [5.74, 6) is -4.90. The number of aryl methyl sites for hydroxylation is 1. The number of halogens is 9. The Hall–Kier alpha value is -3.46. The molecule has 2 heterocycles. The molecule has 16 heteroatoms. The highest BCUT2D eigenvalue weighted by molar-refractivity contribution is 6.33. The predicted octanol–water partition coefficient (Wildman–Crippen LogP) is 5.89. The first-order valence-corrected chi connectivity index (χ1v) is 10.4. The Labute approximate surface area is 207 Å². The van der Waals surface area contributed by atoms with E-state index in [0.29, 0.717) is 25.1 Å². The van der Waals surface area contributed by atoms with E-state index in [0.717, 1.165) is 6.07 Å². The van der Waals surface area contributed by atoms with E-state index in [-0.39, 0.29) is 16.5 Å². The normalized spacial score (nSPS) is 13.8. The number of nitrogens with one attached hydrogen (secondary N) is 2. The van der Waals surface area contributed by atoms with Gasteiger partial charge in [-0.25, -0.2) is 13.8 Å². The van der Waals surface area contributed by atoms with Crippen LogP contribution in [0.25, 0.3) is 11.3 Å². The first-order valence-electron chi connectivity index (χ1n) is 10.0. The van der Waals surface area contributed by atoms with E-state index in [2.05, 4.69) is 20.5 Å². The number of pyridine rings is 1. The molecule has 0 saturated heterocycles. The fourth-order valence-electron chi connectivity index (χ4n) is 2.96. The Morgan fingerprint density at radius 3 is 2.30 bits per heavy atom. The van der Waals surface area contributed by atoms with E-state index in [9.17, 15) is 40.6 Å². The van der Waals surface area contributed by atoms with Crippen molar-refractivity contribution in [1.29, 1.82) is 0 Å². The maximum atomic E-state index is 15.0. The van der Waals surface area contributed by atoms with Gasteiger partial charge in [-0.15, -0.1) is 0 Å². The number of nitrogens with zero attached hydrogens (tertiary/aromatic N) is 2. The Bertz CT molecular complexity index is 1310. The number of hydrogen-bond acceptors (Lipinski definition) is 5. The molecule has 0 fully saturated rings.